The summed E-state index contributed by atoms with van der Waals surface area (Å²) in [6.45, 7) is 8.46. The number of fused-ring (bicyclic) bond motifs is 3. The molecule has 2 atom stereocenters. The molecular weight excluding hydrogens is 344 g/mol. The first-order valence-corrected chi connectivity index (χ1v) is 9.76. The van der Waals surface area contributed by atoms with Crippen molar-refractivity contribution in [1.29, 1.82) is 0 Å². The smallest absolute Gasteiger partial charge is 0.408 e. The number of piperidine rings is 3. The molecule has 3 aliphatic rings. The summed E-state index contributed by atoms with van der Waals surface area (Å²) < 4.78 is 11.1. The summed E-state index contributed by atoms with van der Waals surface area (Å²) in [4.78, 5) is 27.2. The zero-order valence-electron chi connectivity index (χ0n) is 16.4. The maximum absolute atomic E-state index is 12.6. The highest BCUT2D eigenvalue weighted by Crippen LogP contribution is 2.30. The summed E-state index contributed by atoms with van der Waals surface area (Å²) >= 11 is 0. The van der Waals surface area contributed by atoms with Crippen LogP contribution in [0.1, 0.15) is 51.6 Å². The van der Waals surface area contributed by atoms with Gasteiger partial charge in [0.1, 0.15) is 11.7 Å². The summed E-state index contributed by atoms with van der Waals surface area (Å²) in [5.41, 5.74) is 0.260. The molecule has 6 nitrogen and oxygen atoms in total. The van der Waals surface area contributed by atoms with Crippen molar-refractivity contribution in [2.45, 2.75) is 57.8 Å². The number of hydrogen-bond acceptors (Lipinski definition) is 5. The van der Waals surface area contributed by atoms with Gasteiger partial charge in [-0.15, -0.1) is 0 Å². The molecule has 27 heavy (non-hydrogen) atoms. The lowest BCUT2D eigenvalue weighted by Gasteiger charge is -2.44. The monoisotopic (exact) mass is 374 g/mol. The Balaban J connectivity index is 1.62. The van der Waals surface area contributed by atoms with Crippen LogP contribution in [0.5, 0.6) is 0 Å². The Hall–Kier alpha value is -2.08. The molecule has 0 aliphatic carbocycles. The number of carbonyl (C=O) groups excluding carboxylic acids is 2. The van der Waals surface area contributed by atoms with Crippen molar-refractivity contribution in [3.8, 4) is 0 Å². The molecule has 1 amide bonds. The second-order valence-corrected chi connectivity index (χ2v) is 8.48. The predicted molar refractivity (Wildman–Crippen MR) is 102 cm³/mol. The van der Waals surface area contributed by atoms with Gasteiger partial charge in [-0.1, -0.05) is 30.3 Å². The lowest BCUT2D eigenvalue weighted by molar-refractivity contribution is -0.159. The molecular formula is C21H30N2O4. The van der Waals surface area contributed by atoms with Gasteiger partial charge in [-0.05, 0) is 58.2 Å². The molecule has 1 aromatic carbocycles. The highest BCUT2D eigenvalue weighted by atomic mass is 16.6. The van der Waals surface area contributed by atoms with Crippen LogP contribution in [0.25, 0.3) is 0 Å². The van der Waals surface area contributed by atoms with Gasteiger partial charge in [0, 0.05) is 6.54 Å². The third-order valence-corrected chi connectivity index (χ3v) is 5.14. The summed E-state index contributed by atoms with van der Waals surface area (Å²) in [5, 5.41) is 2.82. The van der Waals surface area contributed by atoms with Crippen LogP contribution >= 0.6 is 0 Å². The zero-order chi connectivity index (χ0) is 19.4. The van der Waals surface area contributed by atoms with Gasteiger partial charge in [0.2, 0.25) is 0 Å². The third-order valence-electron chi connectivity index (χ3n) is 5.14. The van der Waals surface area contributed by atoms with Crippen molar-refractivity contribution >= 4 is 12.1 Å². The number of rotatable bonds is 5. The zero-order valence-corrected chi connectivity index (χ0v) is 16.4. The van der Waals surface area contributed by atoms with E-state index in [1.54, 1.807) is 0 Å². The van der Waals surface area contributed by atoms with E-state index in [1.807, 2.05) is 51.1 Å². The van der Waals surface area contributed by atoms with Crippen LogP contribution in [0.4, 0.5) is 4.79 Å². The fourth-order valence-corrected chi connectivity index (χ4v) is 3.82. The van der Waals surface area contributed by atoms with E-state index in [4.69, 9.17) is 9.47 Å². The molecule has 0 aromatic heterocycles. The minimum atomic E-state index is -0.596. The quantitative estimate of drug-likeness (QED) is 0.801. The molecule has 3 saturated heterocycles. The van der Waals surface area contributed by atoms with Crippen molar-refractivity contribution in [2.24, 2.45) is 5.92 Å². The molecule has 1 N–H and O–H groups in total. The molecule has 4 rings (SSSR count). The van der Waals surface area contributed by atoms with Crippen LogP contribution in [-0.2, 0) is 14.3 Å². The van der Waals surface area contributed by atoms with Gasteiger partial charge in [-0.25, -0.2) is 4.79 Å². The van der Waals surface area contributed by atoms with Crippen LogP contribution in [0.3, 0.4) is 0 Å². The van der Waals surface area contributed by atoms with Crippen molar-refractivity contribution in [3.63, 3.8) is 0 Å². The number of hydrogen-bond donors (Lipinski definition) is 1. The second kappa shape index (κ2) is 8.30. The van der Waals surface area contributed by atoms with Crippen LogP contribution in [-0.4, -0.2) is 48.3 Å². The molecule has 0 saturated carbocycles. The van der Waals surface area contributed by atoms with E-state index in [0.29, 0.717) is 5.92 Å². The molecule has 3 aliphatic heterocycles. The summed E-state index contributed by atoms with van der Waals surface area (Å²) in [6, 6.07) is 8.98. The van der Waals surface area contributed by atoms with E-state index >= 15 is 0 Å². The van der Waals surface area contributed by atoms with Crippen LogP contribution in [0, 0.1) is 5.92 Å². The number of nitrogens with zero attached hydrogens (tertiary/aromatic N) is 1. The molecule has 2 unspecified atom stereocenters. The Morgan fingerprint density at radius 3 is 2.41 bits per heavy atom. The fraction of sp³-hybridized carbons (Fsp3) is 0.619. The number of ether oxygens (including phenoxy) is 2. The van der Waals surface area contributed by atoms with Crippen molar-refractivity contribution in [2.75, 3.05) is 19.6 Å². The van der Waals surface area contributed by atoms with Gasteiger partial charge in [0.25, 0.3) is 0 Å². The van der Waals surface area contributed by atoms with Crippen molar-refractivity contribution in [3.05, 3.63) is 35.9 Å². The number of carbonyl (C=O) groups is 2. The fourth-order valence-electron chi connectivity index (χ4n) is 3.82. The third kappa shape index (κ3) is 5.70. The molecule has 0 spiro atoms. The van der Waals surface area contributed by atoms with E-state index in [-0.39, 0.29) is 18.5 Å². The number of benzene rings is 1. The van der Waals surface area contributed by atoms with Crippen LogP contribution in [0.15, 0.2) is 30.3 Å². The van der Waals surface area contributed by atoms with Crippen molar-refractivity contribution in [1.82, 2.24) is 10.2 Å². The van der Waals surface area contributed by atoms with E-state index in [0.717, 1.165) is 38.0 Å². The lowest BCUT2D eigenvalue weighted by atomic mass is 9.86. The first kappa shape index (κ1) is 19.7. The normalized spacial score (nSPS) is 25.5. The first-order chi connectivity index (χ1) is 12.8. The lowest BCUT2D eigenvalue weighted by Crippen LogP contribution is -2.52. The Morgan fingerprint density at radius 2 is 1.85 bits per heavy atom. The maximum atomic E-state index is 12.6. The SMILES string of the molecule is CC(C)(C)OC(=O)NC(CC(=O)OC1CN2CCC1CC2)c1ccccc1. The Labute approximate surface area is 161 Å². The summed E-state index contributed by atoms with van der Waals surface area (Å²) in [6.07, 6.45) is 1.71. The van der Waals surface area contributed by atoms with Crippen LogP contribution in [0.2, 0.25) is 0 Å². The van der Waals surface area contributed by atoms with E-state index in [1.165, 1.54) is 0 Å². The van der Waals surface area contributed by atoms with Crippen molar-refractivity contribution < 1.29 is 19.1 Å². The molecule has 3 fully saturated rings. The van der Waals surface area contributed by atoms with Gasteiger partial charge in [0.05, 0.1) is 12.5 Å². The Bertz CT molecular complexity index is 648. The van der Waals surface area contributed by atoms with Gasteiger partial charge in [-0.2, -0.15) is 0 Å². The number of alkyl carbamates (subject to hydrolysis) is 1. The Kier molecular flexibility index (Phi) is 6.05. The van der Waals surface area contributed by atoms with E-state index < -0.39 is 17.7 Å². The maximum Gasteiger partial charge on any atom is 0.408 e. The molecule has 0 radical (unpaired) electrons. The number of nitrogens with one attached hydrogen (secondary N) is 1. The minimum absolute atomic E-state index is 0.0297. The average molecular weight is 374 g/mol. The predicted octanol–water partition coefficient (Wildman–Crippen LogP) is 3.28. The Morgan fingerprint density at radius 1 is 1.19 bits per heavy atom. The molecule has 148 valence electrons. The topological polar surface area (TPSA) is 67.9 Å². The number of esters is 1. The van der Waals surface area contributed by atoms with E-state index in [2.05, 4.69) is 10.2 Å². The summed E-state index contributed by atoms with van der Waals surface area (Å²) in [7, 11) is 0. The van der Waals surface area contributed by atoms with Gasteiger partial charge < -0.3 is 14.8 Å². The van der Waals surface area contributed by atoms with E-state index in [9.17, 15) is 9.59 Å². The number of amides is 1. The first-order valence-electron chi connectivity index (χ1n) is 9.76. The molecule has 3 heterocycles. The van der Waals surface area contributed by atoms with Gasteiger partial charge in [0.15, 0.2) is 0 Å². The standard InChI is InChI=1S/C21H30N2O4/c1-21(2,3)27-20(25)22-17(15-7-5-4-6-8-15)13-19(24)26-18-14-23-11-9-16(18)10-12-23/h4-8,16-18H,9-14H2,1-3H3,(H,22,25). The highest BCUT2D eigenvalue weighted by molar-refractivity contribution is 5.73. The summed E-state index contributed by atoms with van der Waals surface area (Å²) in [5.74, 6) is 0.187. The molecule has 1 aromatic rings. The van der Waals surface area contributed by atoms with Gasteiger partial charge in [-0.3, -0.25) is 9.69 Å². The second-order valence-electron chi connectivity index (χ2n) is 8.48. The molecule has 2 bridgehead atoms. The largest absolute Gasteiger partial charge is 0.461 e. The van der Waals surface area contributed by atoms with Gasteiger partial charge >= 0.3 is 12.1 Å². The molecule has 6 heteroatoms. The van der Waals surface area contributed by atoms with Crippen LogP contribution < -0.4 is 5.32 Å². The highest BCUT2D eigenvalue weighted by Gasteiger charge is 2.37. The average Bonchev–Trinajstić information content (AvgIpc) is 2.61. The minimum Gasteiger partial charge on any atom is -0.461 e.